The third-order valence-electron chi connectivity index (χ3n) is 4.96. The summed E-state index contributed by atoms with van der Waals surface area (Å²) in [5.74, 6) is -0.625. The number of imidazole rings is 1. The van der Waals surface area contributed by atoms with Crippen molar-refractivity contribution in [1.29, 1.82) is 0 Å². The number of carbonyl (C=O) groups excluding carboxylic acids is 1. The molecule has 0 aliphatic heterocycles. The van der Waals surface area contributed by atoms with Gasteiger partial charge in [0.25, 0.3) is 0 Å². The zero-order valence-corrected chi connectivity index (χ0v) is 19.6. The number of carbonyl (C=O) groups is 1. The topological polar surface area (TPSA) is 73.3 Å². The molecule has 30 heavy (non-hydrogen) atoms. The molecular weight excluding hydrogens is 470 g/mol. The third kappa shape index (κ3) is 4.48. The van der Waals surface area contributed by atoms with Gasteiger partial charge in [-0.1, -0.05) is 54.7 Å². The van der Waals surface area contributed by atoms with Crippen molar-refractivity contribution < 1.29 is 4.79 Å². The van der Waals surface area contributed by atoms with Gasteiger partial charge in [0.2, 0.25) is 5.91 Å². The van der Waals surface area contributed by atoms with Gasteiger partial charge in [0.15, 0.2) is 0 Å². The van der Waals surface area contributed by atoms with E-state index < -0.39 is 5.91 Å². The summed E-state index contributed by atoms with van der Waals surface area (Å²) in [5.41, 5.74) is 6.61. The molecule has 3 rings (SSSR count). The van der Waals surface area contributed by atoms with Crippen molar-refractivity contribution in [2.45, 2.75) is 20.4 Å². The largest absolute Gasteiger partial charge is 0.366 e. The first kappa shape index (κ1) is 24.6. The molecule has 162 valence electrons. The minimum absolute atomic E-state index is 0. The van der Waals surface area contributed by atoms with Gasteiger partial charge in [-0.3, -0.25) is 13.9 Å². The lowest BCUT2D eigenvalue weighted by Gasteiger charge is -2.18. The average molecular weight is 492 g/mol. The number of likely N-dealkylation sites (N-methyl/N-ethyl adjacent to an activating group) is 1. The predicted octanol–water partition coefficient (Wildman–Crippen LogP) is 4.61. The predicted molar refractivity (Wildman–Crippen MR) is 126 cm³/mol. The zero-order chi connectivity index (χ0) is 21.3. The van der Waals surface area contributed by atoms with Crippen LogP contribution in [0.4, 0.5) is 0 Å². The Balaban J connectivity index is 0.00000320. The normalized spacial score (nSPS) is 11.1. The molecule has 1 aromatic heterocycles. The van der Waals surface area contributed by atoms with Crippen molar-refractivity contribution in [3.05, 3.63) is 61.4 Å². The molecule has 0 bridgehead atoms. The van der Waals surface area contributed by atoms with E-state index in [4.69, 9.17) is 40.5 Å². The summed E-state index contributed by atoms with van der Waals surface area (Å²) in [5, 5.41) is 0.848. The van der Waals surface area contributed by atoms with Crippen LogP contribution in [0.15, 0.2) is 35.1 Å². The Kier molecular flexibility index (Phi) is 8.25. The standard InChI is InChI=1S/C20H21Cl3N4O2.ClH/c1-3-25(4-2)8-9-26-16-11-12(19(24)28)10-15(23)18(16)27(20(26)29)17-13(21)6-5-7-14(17)22;/h5-7,10-11H,3-4,8-9H2,1-2H3,(H2,24,28);1H. The molecule has 3 aromatic rings. The fraction of sp³-hybridized carbons (Fsp3) is 0.300. The Morgan fingerprint density at radius 2 is 1.67 bits per heavy atom. The molecule has 0 saturated carbocycles. The first-order valence-corrected chi connectivity index (χ1v) is 10.3. The van der Waals surface area contributed by atoms with Gasteiger partial charge in [-0.05, 0) is 37.4 Å². The van der Waals surface area contributed by atoms with Gasteiger partial charge in [-0.25, -0.2) is 4.79 Å². The van der Waals surface area contributed by atoms with Gasteiger partial charge in [0.05, 0.1) is 31.8 Å². The second-order valence-electron chi connectivity index (χ2n) is 6.56. The molecule has 1 amide bonds. The van der Waals surface area contributed by atoms with Crippen molar-refractivity contribution in [3.8, 4) is 5.69 Å². The number of hydrogen-bond acceptors (Lipinski definition) is 3. The van der Waals surface area contributed by atoms with E-state index in [1.54, 1.807) is 28.8 Å². The number of amides is 1. The van der Waals surface area contributed by atoms with Crippen LogP contribution in [0.5, 0.6) is 0 Å². The SMILES string of the molecule is CCN(CC)CCn1c(=O)n(-c2c(Cl)cccc2Cl)c2c(Cl)cc(C(N)=O)cc21.Cl. The number of primary amides is 1. The number of benzene rings is 2. The molecule has 0 atom stereocenters. The second kappa shape index (κ2) is 10.1. The monoisotopic (exact) mass is 490 g/mol. The van der Waals surface area contributed by atoms with Gasteiger partial charge < -0.3 is 10.6 Å². The number of nitrogens with two attached hydrogens (primary N) is 1. The lowest BCUT2D eigenvalue weighted by Crippen LogP contribution is -2.31. The summed E-state index contributed by atoms with van der Waals surface area (Å²) in [7, 11) is 0. The zero-order valence-electron chi connectivity index (χ0n) is 16.5. The summed E-state index contributed by atoms with van der Waals surface area (Å²) in [6.45, 7) is 6.88. The first-order chi connectivity index (χ1) is 13.8. The van der Waals surface area contributed by atoms with E-state index in [-0.39, 0.29) is 28.7 Å². The highest BCUT2D eigenvalue weighted by atomic mass is 35.5. The Morgan fingerprint density at radius 3 is 2.20 bits per heavy atom. The van der Waals surface area contributed by atoms with Crippen LogP contribution in [0.2, 0.25) is 15.1 Å². The van der Waals surface area contributed by atoms with Gasteiger partial charge in [0.1, 0.15) is 0 Å². The maximum absolute atomic E-state index is 13.4. The Labute approximate surface area is 195 Å². The van der Waals surface area contributed by atoms with Crippen LogP contribution in [0.25, 0.3) is 16.7 Å². The molecular formula is C20H22Cl4N4O2. The summed E-state index contributed by atoms with van der Waals surface area (Å²) in [4.78, 5) is 27.4. The summed E-state index contributed by atoms with van der Waals surface area (Å²) in [6.07, 6.45) is 0. The second-order valence-corrected chi connectivity index (χ2v) is 7.78. The highest BCUT2D eigenvalue weighted by Gasteiger charge is 2.22. The quantitative estimate of drug-likeness (QED) is 0.524. The fourth-order valence-corrected chi connectivity index (χ4v) is 4.25. The van der Waals surface area contributed by atoms with E-state index in [1.165, 1.54) is 10.6 Å². The molecule has 0 saturated heterocycles. The molecule has 2 N–H and O–H groups in total. The molecule has 0 radical (unpaired) electrons. The highest BCUT2D eigenvalue weighted by molar-refractivity contribution is 6.38. The summed E-state index contributed by atoms with van der Waals surface area (Å²) >= 11 is 19.2. The minimum atomic E-state index is -0.625. The lowest BCUT2D eigenvalue weighted by atomic mass is 10.2. The van der Waals surface area contributed by atoms with Crippen LogP contribution in [-0.4, -0.2) is 39.6 Å². The molecule has 6 nitrogen and oxygen atoms in total. The van der Waals surface area contributed by atoms with Crippen LogP contribution < -0.4 is 11.4 Å². The van der Waals surface area contributed by atoms with Crippen molar-refractivity contribution in [2.24, 2.45) is 5.73 Å². The van der Waals surface area contributed by atoms with Crippen LogP contribution in [0.3, 0.4) is 0 Å². The maximum Gasteiger partial charge on any atom is 0.333 e. The van der Waals surface area contributed by atoms with Crippen LogP contribution in [-0.2, 0) is 6.54 Å². The molecule has 10 heteroatoms. The van der Waals surface area contributed by atoms with E-state index in [2.05, 4.69) is 18.7 Å². The lowest BCUT2D eigenvalue weighted by molar-refractivity contribution is 0.100. The molecule has 0 aliphatic carbocycles. The van der Waals surface area contributed by atoms with Gasteiger partial charge in [-0.2, -0.15) is 0 Å². The van der Waals surface area contributed by atoms with Crippen molar-refractivity contribution in [2.75, 3.05) is 19.6 Å². The Morgan fingerprint density at radius 1 is 1.07 bits per heavy atom. The molecule has 1 heterocycles. The van der Waals surface area contributed by atoms with Crippen LogP contribution >= 0.6 is 47.2 Å². The number of hydrogen-bond donors (Lipinski definition) is 1. The molecule has 0 aliphatic rings. The van der Waals surface area contributed by atoms with Crippen molar-refractivity contribution in [3.63, 3.8) is 0 Å². The molecule has 0 spiro atoms. The van der Waals surface area contributed by atoms with Crippen LogP contribution in [0, 0.1) is 0 Å². The van der Waals surface area contributed by atoms with E-state index in [9.17, 15) is 9.59 Å². The number of fused-ring (bicyclic) bond motifs is 1. The van der Waals surface area contributed by atoms with E-state index in [1.807, 2.05) is 0 Å². The number of para-hydroxylation sites is 1. The first-order valence-electron chi connectivity index (χ1n) is 9.21. The van der Waals surface area contributed by atoms with Gasteiger partial charge >= 0.3 is 5.69 Å². The fourth-order valence-electron chi connectivity index (χ4n) is 3.38. The number of halogens is 4. The van der Waals surface area contributed by atoms with Crippen molar-refractivity contribution >= 4 is 64.2 Å². The highest BCUT2D eigenvalue weighted by Crippen LogP contribution is 2.33. The van der Waals surface area contributed by atoms with Crippen molar-refractivity contribution in [1.82, 2.24) is 14.0 Å². The van der Waals surface area contributed by atoms with Gasteiger partial charge in [0, 0.05) is 18.7 Å². The summed E-state index contributed by atoms with van der Waals surface area (Å²) < 4.78 is 2.97. The summed E-state index contributed by atoms with van der Waals surface area (Å²) in [6, 6.07) is 8.03. The molecule has 2 aromatic carbocycles. The Bertz CT molecular complexity index is 1120. The molecule has 0 fully saturated rings. The maximum atomic E-state index is 13.4. The average Bonchev–Trinajstić information content (AvgIpc) is 2.95. The minimum Gasteiger partial charge on any atom is -0.366 e. The van der Waals surface area contributed by atoms with Crippen LogP contribution in [0.1, 0.15) is 24.2 Å². The number of nitrogens with zero attached hydrogens (tertiary/aromatic N) is 3. The van der Waals surface area contributed by atoms with Gasteiger partial charge in [-0.15, -0.1) is 12.4 Å². The van der Waals surface area contributed by atoms with E-state index >= 15 is 0 Å². The number of aromatic nitrogens is 2. The Hall–Kier alpha value is -1.70. The third-order valence-corrected chi connectivity index (χ3v) is 5.86. The van der Waals surface area contributed by atoms with E-state index in [0.29, 0.717) is 39.9 Å². The smallest absolute Gasteiger partial charge is 0.333 e. The number of rotatable bonds is 7. The molecule has 0 unspecified atom stereocenters. The van der Waals surface area contributed by atoms with E-state index in [0.717, 1.165) is 13.1 Å².